The molecule has 0 atom stereocenters. The summed E-state index contributed by atoms with van der Waals surface area (Å²) in [5, 5.41) is 0. The summed E-state index contributed by atoms with van der Waals surface area (Å²) in [7, 11) is 3.39. The number of aryl methyl sites for hydroxylation is 1. The summed E-state index contributed by atoms with van der Waals surface area (Å²) in [4.78, 5) is 0.363. The van der Waals surface area contributed by atoms with Crippen LogP contribution in [0.1, 0.15) is 26.3 Å². The molecular weight excluding hydrogens is 513 g/mol. The minimum atomic E-state index is -3.31. The van der Waals surface area contributed by atoms with Crippen molar-refractivity contribution in [1.82, 2.24) is 0 Å². The summed E-state index contributed by atoms with van der Waals surface area (Å²) in [6.45, 7) is 7.19. The van der Waals surface area contributed by atoms with E-state index in [9.17, 15) is 8.42 Å². The minimum absolute atomic E-state index is 0.363. The van der Waals surface area contributed by atoms with Crippen molar-refractivity contribution in [3.05, 3.63) is 54.1 Å². The quantitative estimate of drug-likeness (QED) is 0.570. The van der Waals surface area contributed by atoms with Gasteiger partial charge < -0.3 is 0 Å². The van der Waals surface area contributed by atoms with Gasteiger partial charge in [-0.05, 0) is 0 Å². The van der Waals surface area contributed by atoms with E-state index in [0.717, 1.165) is 3.27 Å². The number of hydrogen-bond acceptors (Lipinski definition) is 2. The van der Waals surface area contributed by atoms with Crippen LogP contribution in [0.2, 0.25) is 0 Å². The topological polar surface area (TPSA) is 34.1 Å². The van der Waals surface area contributed by atoms with Gasteiger partial charge in [-0.1, -0.05) is 0 Å². The van der Waals surface area contributed by atoms with Crippen LogP contribution in [0.3, 0.4) is 0 Å². The van der Waals surface area contributed by atoms with Crippen LogP contribution < -0.4 is 6.54 Å². The number of halogens is 1. The number of rotatable bonds is 3. The molecule has 0 aliphatic carbocycles. The third-order valence-corrected chi connectivity index (χ3v) is 15.2. The van der Waals surface area contributed by atoms with Crippen molar-refractivity contribution in [2.75, 3.05) is 0 Å². The molecule has 0 aliphatic rings. The van der Waals surface area contributed by atoms with Crippen LogP contribution in [0.4, 0.5) is 0 Å². The molecule has 0 amide bonds. The Labute approximate surface area is 144 Å². The van der Waals surface area contributed by atoms with Crippen molar-refractivity contribution in [2.45, 2.75) is 37.3 Å². The molecule has 0 saturated carbocycles. The second kappa shape index (κ2) is 6.59. The number of benzene rings is 2. The van der Waals surface area contributed by atoms with E-state index in [1.807, 2.05) is 19.1 Å². The second-order valence-corrected chi connectivity index (χ2v) is 18.1. The van der Waals surface area contributed by atoms with Gasteiger partial charge >= 0.3 is 145 Å². The monoisotopic (exact) mass is 532 g/mol. The Morgan fingerprint density at radius 3 is 1.68 bits per heavy atom. The number of hydrogen-bond donors (Lipinski definition) is 0. The zero-order chi connectivity index (χ0) is 16.5. The first-order valence-electron chi connectivity index (χ1n) is 7.00. The van der Waals surface area contributed by atoms with Crippen molar-refractivity contribution in [3.63, 3.8) is 0 Å². The Hall–Kier alpha value is -0.437. The molecule has 2 nitrogen and oxygen atoms in total. The molecule has 0 unspecified atom stereocenters. The van der Waals surface area contributed by atoms with Crippen LogP contribution in [0.25, 0.3) is 0 Å². The molecule has 2 aromatic rings. The van der Waals surface area contributed by atoms with E-state index in [2.05, 4.69) is 24.3 Å². The van der Waals surface area contributed by atoms with E-state index in [-0.39, 0.29) is 0 Å². The van der Waals surface area contributed by atoms with E-state index < -0.39 is 35.1 Å². The fourth-order valence-electron chi connectivity index (χ4n) is 1.93. The molecule has 2 aromatic carbocycles. The molecule has 0 bridgehead atoms. The Morgan fingerprint density at radius 2 is 1.27 bits per heavy atom. The zero-order valence-corrected chi connectivity index (χ0v) is 18.2. The molecule has 0 heterocycles. The van der Waals surface area contributed by atoms with Gasteiger partial charge in [0.2, 0.25) is 0 Å². The standard InChI is InChI=1S/C10H13O2S.C7H7.Bi.ClH/c1-10(2,3)13(11,12)9-7-5-4-6-8-9;1-7-5-3-2-4-6-7;;/h5-8H,1-3H3;3-6H,1H3;;1H/q;;+1;/p-1. The molecule has 0 N–H and O–H groups in total. The normalized spacial score (nSPS) is 12.6. The van der Waals surface area contributed by atoms with Crippen LogP contribution >= 0.6 is 8.51 Å². The van der Waals surface area contributed by atoms with Gasteiger partial charge in [-0.25, -0.2) is 0 Å². The van der Waals surface area contributed by atoms with Gasteiger partial charge in [0.1, 0.15) is 0 Å². The van der Waals surface area contributed by atoms with Gasteiger partial charge in [0.15, 0.2) is 0 Å². The third-order valence-electron chi connectivity index (χ3n) is 3.44. The maximum absolute atomic E-state index is 12.4. The van der Waals surface area contributed by atoms with E-state index in [1.165, 1.54) is 8.83 Å². The molecule has 22 heavy (non-hydrogen) atoms. The molecule has 0 radical (unpaired) electrons. The summed E-state index contributed by atoms with van der Waals surface area (Å²) in [6, 6.07) is 15.4. The molecule has 0 spiro atoms. The first-order chi connectivity index (χ1) is 10.1. The van der Waals surface area contributed by atoms with Crippen LogP contribution in [0, 0.1) is 6.92 Å². The van der Waals surface area contributed by atoms with Gasteiger partial charge in [0, 0.05) is 0 Å². The van der Waals surface area contributed by atoms with Crippen LogP contribution in [-0.2, 0) is 9.84 Å². The summed E-state index contributed by atoms with van der Waals surface area (Å²) >= 11 is -2.48. The summed E-state index contributed by atoms with van der Waals surface area (Å²) in [6.07, 6.45) is 0. The predicted molar refractivity (Wildman–Crippen MR) is 95.4 cm³/mol. The molecule has 118 valence electrons. The van der Waals surface area contributed by atoms with E-state index in [1.54, 1.807) is 32.9 Å². The van der Waals surface area contributed by atoms with Crippen molar-refractivity contribution in [3.8, 4) is 0 Å². The molecule has 0 fully saturated rings. The van der Waals surface area contributed by atoms with Gasteiger partial charge in [-0.2, -0.15) is 0 Å². The molecule has 0 aliphatic heterocycles. The Morgan fingerprint density at radius 1 is 0.864 bits per heavy atom. The van der Waals surface area contributed by atoms with Crippen molar-refractivity contribution < 1.29 is 8.42 Å². The van der Waals surface area contributed by atoms with Crippen LogP contribution in [0.15, 0.2) is 53.4 Å². The van der Waals surface area contributed by atoms with Gasteiger partial charge in [-0.15, -0.1) is 0 Å². The summed E-state index contributed by atoms with van der Waals surface area (Å²) in [5.74, 6) is 0. The van der Waals surface area contributed by atoms with Crippen LogP contribution in [0.5, 0.6) is 0 Å². The van der Waals surface area contributed by atoms with Gasteiger partial charge in [0.05, 0.1) is 0 Å². The summed E-state index contributed by atoms with van der Waals surface area (Å²) < 4.78 is 26.3. The fourth-order valence-corrected chi connectivity index (χ4v) is 9.47. The second-order valence-electron chi connectivity index (χ2n) is 6.23. The zero-order valence-electron chi connectivity index (χ0n) is 13.2. The Bertz CT molecular complexity index is 745. The first-order valence-corrected chi connectivity index (χ1v) is 16.2. The molecule has 5 heteroatoms. The predicted octanol–water partition coefficient (Wildman–Crippen LogP) is 2.91. The van der Waals surface area contributed by atoms with Crippen LogP contribution in [-0.4, -0.2) is 33.7 Å². The maximum atomic E-state index is 12.4. The SMILES string of the molecule is Cc1cc[c]([Bi]([Cl])[c]2ccc(S(=O)(=O)C(C)(C)C)cc2)cc1. The summed E-state index contributed by atoms with van der Waals surface area (Å²) in [5.41, 5.74) is 1.21. The van der Waals surface area contributed by atoms with E-state index in [4.69, 9.17) is 8.51 Å². The molecule has 2 rings (SSSR count). The third kappa shape index (κ3) is 3.72. The average molecular weight is 533 g/mol. The Kier molecular flexibility index (Phi) is 5.36. The average Bonchev–Trinajstić information content (AvgIpc) is 2.46. The van der Waals surface area contributed by atoms with Gasteiger partial charge in [0.25, 0.3) is 0 Å². The first kappa shape index (κ1) is 17.9. The molecule has 0 aromatic heterocycles. The van der Waals surface area contributed by atoms with E-state index in [0.29, 0.717) is 4.90 Å². The van der Waals surface area contributed by atoms with Crippen molar-refractivity contribution in [1.29, 1.82) is 0 Å². The Balaban J connectivity index is 2.31. The molecular formula is C17H20BiClO2S. The van der Waals surface area contributed by atoms with E-state index >= 15 is 0 Å². The van der Waals surface area contributed by atoms with Gasteiger partial charge in [-0.3, -0.25) is 0 Å². The fraction of sp³-hybridized carbons (Fsp3) is 0.294. The molecule has 0 saturated heterocycles. The number of sulfone groups is 1. The van der Waals surface area contributed by atoms with Crippen molar-refractivity contribution >= 4 is 45.5 Å². The van der Waals surface area contributed by atoms with Crippen molar-refractivity contribution in [2.24, 2.45) is 0 Å².